The molecule has 2 N–H and O–H groups in total. The molecule has 2 aromatic rings. The van der Waals surface area contributed by atoms with Crippen molar-refractivity contribution >= 4 is 40.9 Å². The van der Waals surface area contributed by atoms with Gasteiger partial charge in [-0.15, -0.1) is 11.8 Å². The monoisotopic (exact) mass is 446 g/mol. The summed E-state index contributed by atoms with van der Waals surface area (Å²) >= 11 is 2.77. The van der Waals surface area contributed by atoms with Gasteiger partial charge in [0.1, 0.15) is 11.8 Å². The van der Waals surface area contributed by atoms with Crippen LogP contribution in [0.2, 0.25) is 0 Å². The number of carboxylic acid groups (broad SMARTS) is 1. The minimum Gasteiger partial charge on any atom is -0.480 e. The second-order valence-corrected chi connectivity index (χ2v) is 10.7. The third kappa shape index (κ3) is 2.18. The van der Waals surface area contributed by atoms with E-state index in [4.69, 9.17) is 4.42 Å². The molecular weight excluding hydrogens is 428 g/mol. The van der Waals surface area contributed by atoms with Crippen molar-refractivity contribution in [2.45, 2.75) is 35.6 Å². The highest BCUT2D eigenvalue weighted by molar-refractivity contribution is 8.00. The molecule has 10 heteroatoms. The Kier molecular flexibility index (Phi) is 3.75. The number of thiazole rings is 1. The zero-order chi connectivity index (χ0) is 20.9. The Morgan fingerprint density at radius 3 is 2.67 bits per heavy atom. The molecule has 2 bridgehead atoms. The average Bonchev–Trinajstić information content (AvgIpc) is 3.48. The number of nitrogens with one attached hydrogen (secondary N) is 1. The van der Waals surface area contributed by atoms with E-state index < -0.39 is 23.8 Å². The Balaban J connectivity index is 1.45. The molecule has 8 nitrogen and oxygen atoms in total. The van der Waals surface area contributed by atoms with Crippen LogP contribution in [0.15, 0.2) is 32.6 Å². The van der Waals surface area contributed by atoms with Crippen molar-refractivity contribution in [3.8, 4) is 0 Å². The molecule has 4 heterocycles. The average molecular weight is 447 g/mol. The summed E-state index contributed by atoms with van der Waals surface area (Å²) < 4.78 is 5.75. The lowest BCUT2D eigenvalue weighted by atomic mass is 9.69. The van der Waals surface area contributed by atoms with Crippen LogP contribution in [0.4, 0.5) is 0 Å². The summed E-state index contributed by atoms with van der Waals surface area (Å²) in [7, 11) is 0. The number of likely N-dealkylation sites (tertiary alicyclic amines) is 1. The van der Waals surface area contributed by atoms with Gasteiger partial charge in [-0.25, -0.2) is 4.79 Å². The van der Waals surface area contributed by atoms with E-state index >= 15 is 0 Å². The fraction of sp³-hybridized carbons (Fsp3) is 0.500. The molecule has 7 unspecified atom stereocenters. The highest BCUT2D eigenvalue weighted by Crippen LogP contribution is 2.68. The molecule has 156 valence electrons. The molecule has 2 saturated carbocycles. The highest BCUT2D eigenvalue weighted by atomic mass is 32.2. The number of amides is 2. The molecular formula is C20H18N2O6S2. The number of furan rings is 1. The normalized spacial score (nSPS) is 37.2. The van der Waals surface area contributed by atoms with E-state index in [1.54, 1.807) is 18.0 Å². The molecule has 8 atom stereocenters. The van der Waals surface area contributed by atoms with Crippen molar-refractivity contribution in [3.05, 3.63) is 38.7 Å². The van der Waals surface area contributed by atoms with Gasteiger partial charge in [-0.2, -0.15) is 0 Å². The SMILES string of the molecule is CC(C(=O)O)N1C(=O)C2C3CC(C2C1=O)C1C3Sc2[nH]c(=O)sc2[C@H]1c1ccco1. The number of nitrogens with zero attached hydrogens (tertiary/aromatic N) is 1. The van der Waals surface area contributed by atoms with E-state index in [1.807, 2.05) is 12.1 Å². The highest BCUT2D eigenvalue weighted by Gasteiger charge is 2.70. The summed E-state index contributed by atoms with van der Waals surface area (Å²) in [6.07, 6.45) is 2.37. The summed E-state index contributed by atoms with van der Waals surface area (Å²) in [6.45, 7) is 1.39. The molecule has 3 fully saturated rings. The molecule has 6 rings (SSSR count). The lowest BCUT2D eigenvalue weighted by Gasteiger charge is -2.42. The number of H-pyrrole nitrogens is 1. The first-order valence-corrected chi connectivity index (χ1v) is 11.6. The molecule has 4 aliphatic rings. The molecule has 2 amide bonds. The largest absolute Gasteiger partial charge is 0.480 e. The molecule has 30 heavy (non-hydrogen) atoms. The fourth-order valence-corrected chi connectivity index (χ4v) is 9.19. The topological polar surface area (TPSA) is 121 Å². The van der Waals surface area contributed by atoms with E-state index in [0.29, 0.717) is 0 Å². The third-order valence-electron chi connectivity index (χ3n) is 7.35. The Labute approximate surface area is 178 Å². The standard InChI is InChI=1S/C20H18N2O6S2/c1-6(19(25)26)22-17(23)11-7-5-8(12(11)18(22)24)14-10(7)13(9-3-2-4-28-9)15-16(29-14)21-20(27)30-15/h2-4,6-8,10-14H,5H2,1H3,(H,21,27)(H,25,26)/t6?,7?,8?,10?,11?,12?,13-,14?/m0/s1. The number of rotatable bonds is 3. The van der Waals surface area contributed by atoms with Crippen LogP contribution in [-0.4, -0.2) is 44.1 Å². The van der Waals surface area contributed by atoms with Crippen molar-refractivity contribution in [2.24, 2.45) is 29.6 Å². The number of aromatic nitrogens is 1. The molecule has 2 aliphatic heterocycles. The van der Waals surface area contributed by atoms with Crippen LogP contribution in [0, 0.1) is 29.6 Å². The zero-order valence-electron chi connectivity index (χ0n) is 15.8. The Morgan fingerprint density at radius 2 is 2.00 bits per heavy atom. The van der Waals surface area contributed by atoms with Crippen molar-refractivity contribution < 1.29 is 23.9 Å². The predicted molar refractivity (Wildman–Crippen MR) is 106 cm³/mol. The third-order valence-corrected chi connectivity index (χ3v) is 9.94. The molecule has 0 spiro atoms. The number of hydrogen-bond donors (Lipinski definition) is 2. The Morgan fingerprint density at radius 1 is 1.27 bits per heavy atom. The minimum atomic E-state index is -1.18. The van der Waals surface area contributed by atoms with Gasteiger partial charge < -0.3 is 14.5 Å². The van der Waals surface area contributed by atoms with Crippen LogP contribution in [-0.2, 0) is 14.4 Å². The maximum atomic E-state index is 13.2. The molecule has 2 aliphatic carbocycles. The first-order valence-electron chi connectivity index (χ1n) is 9.91. The maximum absolute atomic E-state index is 13.2. The predicted octanol–water partition coefficient (Wildman–Crippen LogP) is 1.98. The lowest BCUT2D eigenvalue weighted by Crippen LogP contribution is -2.44. The van der Waals surface area contributed by atoms with Crippen molar-refractivity contribution in [3.63, 3.8) is 0 Å². The van der Waals surface area contributed by atoms with Crippen LogP contribution in [0.5, 0.6) is 0 Å². The number of thioether (sulfide) groups is 1. The summed E-state index contributed by atoms with van der Waals surface area (Å²) in [5.74, 6) is -2.23. The van der Waals surface area contributed by atoms with Gasteiger partial charge in [0.15, 0.2) is 0 Å². The maximum Gasteiger partial charge on any atom is 0.326 e. The molecule has 1 saturated heterocycles. The number of aliphatic carboxylic acids is 1. The fourth-order valence-electron chi connectivity index (χ4n) is 6.32. The number of carbonyl (C=O) groups excluding carboxylic acids is 2. The molecule has 0 radical (unpaired) electrons. The quantitative estimate of drug-likeness (QED) is 0.692. The van der Waals surface area contributed by atoms with E-state index in [2.05, 4.69) is 4.98 Å². The Hall–Kier alpha value is -2.33. The van der Waals surface area contributed by atoms with Crippen LogP contribution < -0.4 is 4.87 Å². The second-order valence-electron chi connectivity index (χ2n) is 8.54. The first kappa shape index (κ1) is 18.4. The van der Waals surface area contributed by atoms with Gasteiger partial charge in [-0.3, -0.25) is 19.3 Å². The van der Waals surface area contributed by atoms with Crippen molar-refractivity contribution in [1.29, 1.82) is 0 Å². The van der Waals surface area contributed by atoms with Gasteiger partial charge in [0.25, 0.3) is 0 Å². The van der Waals surface area contributed by atoms with E-state index in [9.17, 15) is 24.3 Å². The van der Waals surface area contributed by atoms with Crippen molar-refractivity contribution in [1.82, 2.24) is 9.88 Å². The van der Waals surface area contributed by atoms with E-state index in [0.717, 1.165) is 27.0 Å². The van der Waals surface area contributed by atoms with E-state index in [1.165, 1.54) is 18.3 Å². The van der Waals surface area contributed by atoms with Gasteiger partial charge in [0.2, 0.25) is 11.8 Å². The van der Waals surface area contributed by atoms with E-state index in [-0.39, 0.29) is 45.6 Å². The summed E-state index contributed by atoms with van der Waals surface area (Å²) in [4.78, 5) is 54.6. The van der Waals surface area contributed by atoms with Crippen LogP contribution in [0.1, 0.15) is 29.9 Å². The molecule has 0 aromatic carbocycles. The van der Waals surface area contributed by atoms with Gasteiger partial charge >= 0.3 is 10.8 Å². The number of carboxylic acids is 1. The number of hydrogen-bond acceptors (Lipinski definition) is 7. The van der Waals surface area contributed by atoms with Gasteiger partial charge in [0.05, 0.1) is 33.9 Å². The minimum absolute atomic E-state index is 0.0218. The van der Waals surface area contributed by atoms with Crippen LogP contribution in [0.25, 0.3) is 0 Å². The summed E-state index contributed by atoms with van der Waals surface area (Å²) in [6, 6.07) is 2.55. The first-order chi connectivity index (χ1) is 14.4. The zero-order valence-corrected chi connectivity index (χ0v) is 17.4. The molecule has 2 aromatic heterocycles. The summed E-state index contributed by atoms with van der Waals surface area (Å²) in [5, 5.41) is 10.3. The number of aromatic amines is 1. The van der Waals surface area contributed by atoms with Gasteiger partial charge in [0, 0.05) is 5.25 Å². The Bertz CT molecular complexity index is 1140. The second kappa shape index (κ2) is 6.10. The van der Waals surface area contributed by atoms with Crippen molar-refractivity contribution in [2.75, 3.05) is 0 Å². The number of carbonyl (C=O) groups is 3. The van der Waals surface area contributed by atoms with Crippen LogP contribution >= 0.6 is 23.1 Å². The number of imide groups is 1. The summed E-state index contributed by atoms with van der Waals surface area (Å²) in [5.41, 5.74) is 0. The van der Waals surface area contributed by atoms with Crippen LogP contribution in [0.3, 0.4) is 0 Å². The van der Waals surface area contributed by atoms with Gasteiger partial charge in [-0.1, -0.05) is 11.3 Å². The smallest absolute Gasteiger partial charge is 0.326 e. The van der Waals surface area contributed by atoms with Gasteiger partial charge in [-0.05, 0) is 43.2 Å². The lowest BCUT2D eigenvalue weighted by molar-refractivity contribution is -0.154. The number of fused-ring (bicyclic) bond motifs is 9.